The SMILES string of the molecule is O=C1OCCOCCOCCOCCOC(=O)c2ccc1o2. The molecule has 2 heterocycles. The van der Waals surface area contributed by atoms with E-state index in [0.29, 0.717) is 26.4 Å². The van der Waals surface area contributed by atoms with Gasteiger partial charge in [0.05, 0.1) is 39.6 Å². The molecule has 122 valence electrons. The molecule has 0 radical (unpaired) electrons. The maximum absolute atomic E-state index is 11.7. The largest absolute Gasteiger partial charge is 0.457 e. The van der Waals surface area contributed by atoms with Crippen LogP contribution in [-0.4, -0.2) is 64.8 Å². The van der Waals surface area contributed by atoms with Gasteiger partial charge in [0.2, 0.25) is 11.5 Å². The summed E-state index contributed by atoms with van der Waals surface area (Å²) in [5.74, 6) is -1.45. The lowest BCUT2D eigenvalue weighted by atomic mass is 10.4. The fourth-order valence-corrected chi connectivity index (χ4v) is 1.63. The molecule has 0 aromatic carbocycles. The van der Waals surface area contributed by atoms with Gasteiger partial charge in [-0.3, -0.25) is 0 Å². The fraction of sp³-hybridized carbons (Fsp3) is 0.571. The summed E-state index contributed by atoms with van der Waals surface area (Å²) in [5.41, 5.74) is 0. The second-order valence-electron chi connectivity index (χ2n) is 4.27. The van der Waals surface area contributed by atoms with Crippen molar-refractivity contribution in [1.29, 1.82) is 0 Å². The first-order valence-corrected chi connectivity index (χ1v) is 6.94. The molecule has 0 atom stereocenters. The van der Waals surface area contributed by atoms with Crippen LogP contribution >= 0.6 is 0 Å². The summed E-state index contributed by atoms with van der Waals surface area (Å²) in [7, 11) is 0. The number of ether oxygens (including phenoxy) is 5. The molecule has 0 unspecified atom stereocenters. The Balaban J connectivity index is 1.89. The van der Waals surface area contributed by atoms with Gasteiger partial charge in [-0.15, -0.1) is 0 Å². The molecule has 0 aliphatic carbocycles. The van der Waals surface area contributed by atoms with Crippen LogP contribution in [0.25, 0.3) is 0 Å². The van der Waals surface area contributed by atoms with Gasteiger partial charge in [0.15, 0.2) is 0 Å². The van der Waals surface area contributed by atoms with Crippen LogP contribution in [0.4, 0.5) is 0 Å². The van der Waals surface area contributed by atoms with Crippen molar-refractivity contribution in [3.63, 3.8) is 0 Å². The minimum absolute atomic E-state index is 0.0624. The Bertz CT molecular complexity index is 440. The molecule has 1 aliphatic heterocycles. The van der Waals surface area contributed by atoms with E-state index in [4.69, 9.17) is 28.1 Å². The smallest absolute Gasteiger partial charge is 0.374 e. The lowest BCUT2D eigenvalue weighted by Gasteiger charge is -2.08. The molecule has 0 spiro atoms. The third-order valence-corrected chi connectivity index (χ3v) is 2.67. The standard InChI is InChI=1S/C14H18O8/c15-13-11-1-2-12(22-11)14(16)21-10-8-19-6-4-17-3-5-18-7-9-20-13/h1-2H,3-10H2. The van der Waals surface area contributed by atoms with E-state index in [1.807, 2.05) is 0 Å². The molecule has 8 nitrogen and oxygen atoms in total. The highest BCUT2D eigenvalue weighted by molar-refractivity contribution is 5.90. The molecule has 1 aromatic heterocycles. The highest BCUT2D eigenvalue weighted by Crippen LogP contribution is 2.10. The van der Waals surface area contributed by atoms with E-state index >= 15 is 0 Å². The summed E-state index contributed by atoms with van der Waals surface area (Å²) < 4.78 is 30.7. The average Bonchev–Trinajstić information content (AvgIpc) is 3.00. The van der Waals surface area contributed by atoms with E-state index in [0.717, 1.165) is 0 Å². The quantitative estimate of drug-likeness (QED) is 0.645. The first-order chi connectivity index (χ1) is 10.8. The Morgan fingerprint density at radius 2 is 0.955 bits per heavy atom. The van der Waals surface area contributed by atoms with Crippen LogP contribution in [0, 0.1) is 0 Å². The Morgan fingerprint density at radius 3 is 1.36 bits per heavy atom. The molecular weight excluding hydrogens is 296 g/mol. The van der Waals surface area contributed by atoms with Gasteiger partial charge in [-0.25, -0.2) is 9.59 Å². The number of hydrogen-bond donors (Lipinski definition) is 0. The van der Waals surface area contributed by atoms with Gasteiger partial charge < -0.3 is 28.1 Å². The zero-order valence-electron chi connectivity index (χ0n) is 12.1. The van der Waals surface area contributed by atoms with Crippen molar-refractivity contribution in [2.75, 3.05) is 52.9 Å². The molecule has 1 aromatic rings. The van der Waals surface area contributed by atoms with Gasteiger partial charge >= 0.3 is 11.9 Å². The first-order valence-electron chi connectivity index (χ1n) is 6.94. The lowest BCUT2D eigenvalue weighted by molar-refractivity contribution is -0.00882. The van der Waals surface area contributed by atoms with Crippen molar-refractivity contribution in [3.8, 4) is 0 Å². The number of carbonyl (C=O) groups is 2. The van der Waals surface area contributed by atoms with Gasteiger partial charge in [0.1, 0.15) is 13.2 Å². The number of furan rings is 1. The predicted octanol–water partition coefficient (Wildman–Crippen LogP) is 0.657. The molecule has 0 fully saturated rings. The van der Waals surface area contributed by atoms with Crippen molar-refractivity contribution in [3.05, 3.63) is 23.7 Å². The molecule has 2 bridgehead atoms. The van der Waals surface area contributed by atoms with Crippen LogP contribution in [0.2, 0.25) is 0 Å². The van der Waals surface area contributed by atoms with E-state index in [1.165, 1.54) is 12.1 Å². The van der Waals surface area contributed by atoms with Gasteiger partial charge in [0, 0.05) is 0 Å². The number of cyclic esters (lactones) is 2. The summed E-state index contributed by atoms with van der Waals surface area (Å²) in [6.45, 7) is 2.33. The summed E-state index contributed by atoms with van der Waals surface area (Å²) in [4.78, 5) is 23.3. The van der Waals surface area contributed by atoms with E-state index in [1.54, 1.807) is 0 Å². The van der Waals surface area contributed by atoms with Crippen LogP contribution in [0.5, 0.6) is 0 Å². The van der Waals surface area contributed by atoms with Gasteiger partial charge in [-0.1, -0.05) is 0 Å². The van der Waals surface area contributed by atoms with Crippen molar-refractivity contribution < 1.29 is 37.7 Å². The van der Waals surface area contributed by atoms with E-state index in [9.17, 15) is 9.59 Å². The molecule has 2 rings (SSSR count). The second-order valence-corrected chi connectivity index (χ2v) is 4.27. The summed E-state index contributed by atoms with van der Waals surface area (Å²) in [6.07, 6.45) is 0. The van der Waals surface area contributed by atoms with Crippen LogP contribution < -0.4 is 0 Å². The van der Waals surface area contributed by atoms with E-state index in [-0.39, 0.29) is 37.9 Å². The average molecular weight is 314 g/mol. The molecule has 0 saturated heterocycles. The van der Waals surface area contributed by atoms with Gasteiger partial charge in [0.25, 0.3) is 0 Å². The van der Waals surface area contributed by atoms with Crippen molar-refractivity contribution in [2.45, 2.75) is 0 Å². The monoisotopic (exact) mass is 314 g/mol. The van der Waals surface area contributed by atoms with E-state index < -0.39 is 11.9 Å². The Labute approximate surface area is 127 Å². The van der Waals surface area contributed by atoms with Crippen molar-refractivity contribution >= 4 is 11.9 Å². The van der Waals surface area contributed by atoms with E-state index in [2.05, 4.69) is 0 Å². The van der Waals surface area contributed by atoms with Crippen LogP contribution in [0.15, 0.2) is 16.5 Å². The summed E-state index contributed by atoms with van der Waals surface area (Å²) >= 11 is 0. The topological polar surface area (TPSA) is 93.4 Å². The predicted molar refractivity (Wildman–Crippen MR) is 71.7 cm³/mol. The minimum Gasteiger partial charge on any atom is -0.457 e. The normalized spacial score (nSPS) is 19.6. The van der Waals surface area contributed by atoms with Crippen LogP contribution in [-0.2, 0) is 23.7 Å². The summed E-state index contributed by atoms with van der Waals surface area (Å²) in [6, 6.07) is 2.72. The van der Waals surface area contributed by atoms with Crippen molar-refractivity contribution in [2.24, 2.45) is 0 Å². The Morgan fingerprint density at radius 1 is 0.591 bits per heavy atom. The number of fused-ring (bicyclic) bond motifs is 2. The number of hydrogen-bond acceptors (Lipinski definition) is 8. The maximum atomic E-state index is 11.7. The third kappa shape index (κ3) is 5.47. The highest BCUT2D eigenvalue weighted by Gasteiger charge is 2.17. The molecule has 0 amide bonds. The van der Waals surface area contributed by atoms with Crippen LogP contribution in [0.3, 0.4) is 0 Å². The second kappa shape index (κ2) is 9.19. The van der Waals surface area contributed by atoms with Crippen molar-refractivity contribution in [1.82, 2.24) is 0 Å². The van der Waals surface area contributed by atoms with Crippen LogP contribution in [0.1, 0.15) is 21.1 Å². The Kier molecular flexibility index (Phi) is 6.88. The number of rotatable bonds is 0. The first kappa shape index (κ1) is 16.5. The summed E-state index contributed by atoms with van der Waals surface area (Å²) in [5, 5.41) is 0. The minimum atomic E-state index is -0.664. The zero-order chi connectivity index (χ0) is 15.6. The number of esters is 2. The Hall–Kier alpha value is -1.90. The van der Waals surface area contributed by atoms with Gasteiger partial charge in [-0.05, 0) is 12.1 Å². The molecule has 8 heteroatoms. The molecule has 1 aliphatic rings. The molecular formula is C14H18O8. The van der Waals surface area contributed by atoms with Gasteiger partial charge in [-0.2, -0.15) is 0 Å². The highest BCUT2D eigenvalue weighted by atomic mass is 16.6. The molecule has 0 N–H and O–H groups in total. The molecule has 22 heavy (non-hydrogen) atoms. The third-order valence-electron chi connectivity index (χ3n) is 2.67. The maximum Gasteiger partial charge on any atom is 0.374 e. The fourth-order valence-electron chi connectivity index (χ4n) is 1.63. The zero-order valence-corrected chi connectivity index (χ0v) is 12.1. The lowest BCUT2D eigenvalue weighted by Crippen LogP contribution is -2.15. The molecule has 0 saturated carbocycles. The number of carbonyl (C=O) groups excluding carboxylic acids is 2.